The molecule has 0 aliphatic heterocycles. The second-order valence-electron chi connectivity index (χ2n) is 4.47. The summed E-state index contributed by atoms with van der Waals surface area (Å²) in [5.74, 6) is 0. The maximum absolute atomic E-state index is 10.1. The zero-order valence-corrected chi connectivity index (χ0v) is 9.22. The van der Waals surface area contributed by atoms with Crippen molar-refractivity contribution in [3.63, 3.8) is 0 Å². The maximum Gasteiger partial charge on any atom is 0.0901 e. The van der Waals surface area contributed by atoms with Crippen molar-refractivity contribution in [3.05, 3.63) is 34.4 Å². The molecule has 0 unspecified atom stereocenters. The highest BCUT2D eigenvalue weighted by atomic mass is 16.3. The van der Waals surface area contributed by atoms with Crippen molar-refractivity contribution in [1.82, 2.24) is 0 Å². The highest BCUT2D eigenvalue weighted by Gasteiger charge is 2.43. The second-order valence-corrected chi connectivity index (χ2v) is 4.47. The Morgan fingerprint density at radius 1 is 1.29 bits per heavy atom. The minimum atomic E-state index is -0.486. The van der Waals surface area contributed by atoms with Gasteiger partial charge in [0.2, 0.25) is 0 Å². The first-order chi connectivity index (χ1) is 6.57. The van der Waals surface area contributed by atoms with Gasteiger partial charge in [-0.05, 0) is 55.4 Å². The summed E-state index contributed by atoms with van der Waals surface area (Å²) < 4.78 is 0. The van der Waals surface area contributed by atoms with Gasteiger partial charge in [-0.15, -0.1) is 0 Å². The van der Waals surface area contributed by atoms with E-state index in [1.807, 2.05) is 0 Å². The van der Waals surface area contributed by atoms with Gasteiger partial charge in [0.1, 0.15) is 0 Å². The van der Waals surface area contributed by atoms with Crippen LogP contribution in [0.25, 0.3) is 0 Å². The van der Waals surface area contributed by atoms with Crippen molar-refractivity contribution in [2.45, 2.75) is 45.6 Å². The molecule has 1 aromatic carbocycles. The molecular formula is C13H18O. The molecule has 1 fully saturated rings. The molecule has 0 radical (unpaired) electrons. The molecule has 1 saturated carbocycles. The Hall–Kier alpha value is -0.820. The van der Waals surface area contributed by atoms with Crippen LogP contribution in [0.15, 0.2) is 12.1 Å². The Morgan fingerprint density at radius 3 is 2.43 bits per heavy atom. The number of hydrogen-bond donors (Lipinski definition) is 1. The van der Waals surface area contributed by atoms with Gasteiger partial charge in [0.25, 0.3) is 0 Å². The quantitative estimate of drug-likeness (QED) is 0.760. The van der Waals surface area contributed by atoms with Gasteiger partial charge in [-0.25, -0.2) is 0 Å². The zero-order valence-electron chi connectivity index (χ0n) is 9.22. The number of rotatable bonds is 2. The van der Waals surface area contributed by atoms with Gasteiger partial charge in [0, 0.05) is 0 Å². The molecule has 0 heterocycles. The van der Waals surface area contributed by atoms with Crippen LogP contribution in [0.5, 0.6) is 0 Å². The molecule has 1 aliphatic rings. The summed E-state index contributed by atoms with van der Waals surface area (Å²) in [7, 11) is 0. The molecule has 0 bridgehead atoms. The first-order valence-electron chi connectivity index (χ1n) is 5.40. The lowest BCUT2D eigenvalue weighted by molar-refractivity contribution is 0.150. The number of benzene rings is 1. The molecule has 0 spiro atoms. The Bertz CT molecular complexity index is 362. The summed E-state index contributed by atoms with van der Waals surface area (Å²) in [5.41, 5.74) is 4.58. The van der Waals surface area contributed by atoms with E-state index in [0.717, 1.165) is 24.8 Å². The highest BCUT2D eigenvalue weighted by molar-refractivity contribution is 5.43. The van der Waals surface area contributed by atoms with Gasteiger partial charge < -0.3 is 5.11 Å². The number of aryl methyl sites for hydroxylation is 2. The van der Waals surface area contributed by atoms with Gasteiger partial charge in [-0.3, -0.25) is 0 Å². The van der Waals surface area contributed by atoms with E-state index in [-0.39, 0.29) is 0 Å². The van der Waals surface area contributed by atoms with Crippen LogP contribution in [-0.4, -0.2) is 5.11 Å². The molecule has 1 aromatic rings. The van der Waals surface area contributed by atoms with Crippen LogP contribution in [0.3, 0.4) is 0 Å². The lowest BCUT2D eigenvalue weighted by atomic mass is 9.94. The smallest absolute Gasteiger partial charge is 0.0901 e. The fourth-order valence-corrected chi connectivity index (χ4v) is 2.01. The van der Waals surface area contributed by atoms with E-state index in [1.54, 1.807) is 0 Å². The van der Waals surface area contributed by atoms with Crippen LogP contribution >= 0.6 is 0 Å². The van der Waals surface area contributed by atoms with Crippen molar-refractivity contribution in [2.24, 2.45) is 0 Å². The average molecular weight is 190 g/mol. The molecule has 2 rings (SSSR count). The third kappa shape index (κ3) is 1.46. The minimum Gasteiger partial charge on any atom is -0.385 e. The molecular weight excluding hydrogens is 172 g/mol. The van der Waals surface area contributed by atoms with Gasteiger partial charge in [0.15, 0.2) is 0 Å². The summed E-state index contributed by atoms with van der Waals surface area (Å²) in [6, 6.07) is 4.40. The Kier molecular flexibility index (Phi) is 2.15. The fraction of sp³-hybridized carbons (Fsp3) is 0.538. The third-order valence-electron chi connectivity index (χ3n) is 3.36. The summed E-state index contributed by atoms with van der Waals surface area (Å²) >= 11 is 0. The van der Waals surface area contributed by atoms with Crippen LogP contribution in [0.4, 0.5) is 0 Å². The predicted octanol–water partition coefficient (Wildman–Crippen LogP) is 2.85. The second kappa shape index (κ2) is 3.09. The van der Waals surface area contributed by atoms with E-state index in [0.29, 0.717) is 0 Å². The van der Waals surface area contributed by atoms with E-state index in [2.05, 4.69) is 32.9 Å². The van der Waals surface area contributed by atoms with E-state index in [9.17, 15) is 5.11 Å². The molecule has 0 amide bonds. The number of aliphatic hydroxyl groups is 1. The maximum atomic E-state index is 10.1. The van der Waals surface area contributed by atoms with E-state index < -0.39 is 5.60 Å². The van der Waals surface area contributed by atoms with E-state index in [4.69, 9.17) is 0 Å². The summed E-state index contributed by atoms with van der Waals surface area (Å²) in [6.07, 6.45) is 2.91. The monoisotopic (exact) mass is 190 g/mol. The predicted molar refractivity (Wildman–Crippen MR) is 58.4 cm³/mol. The molecule has 0 aromatic heterocycles. The highest BCUT2D eigenvalue weighted by Crippen LogP contribution is 2.47. The van der Waals surface area contributed by atoms with Gasteiger partial charge >= 0.3 is 0 Å². The van der Waals surface area contributed by atoms with Crippen molar-refractivity contribution in [2.75, 3.05) is 0 Å². The van der Waals surface area contributed by atoms with Crippen molar-refractivity contribution < 1.29 is 5.11 Å². The van der Waals surface area contributed by atoms with Gasteiger partial charge in [-0.1, -0.05) is 19.1 Å². The Labute approximate surface area is 85.8 Å². The molecule has 14 heavy (non-hydrogen) atoms. The van der Waals surface area contributed by atoms with Crippen LogP contribution in [-0.2, 0) is 12.0 Å². The lowest BCUT2D eigenvalue weighted by Gasteiger charge is -2.15. The first-order valence-corrected chi connectivity index (χ1v) is 5.40. The van der Waals surface area contributed by atoms with Crippen molar-refractivity contribution in [1.29, 1.82) is 0 Å². The van der Waals surface area contributed by atoms with Crippen LogP contribution in [0, 0.1) is 13.8 Å². The lowest BCUT2D eigenvalue weighted by Crippen LogP contribution is -2.08. The summed E-state index contributed by atoms with van der Waals surface area (Å²) in [6.45, 7) is 6.40. The third-order valence-corrected chi connectivity index (χ3v) is 3.36. The minimum absolute atomic E-state index is 0.486. The van der Waals surface area contributed by atoms with E-state index >= 15 is 0 Å². The summed E-state index contributed by atoms with van der Waals surface area (Å²) in [4.78, 5) is 0. The largest absolute Gasteiger partial charge is 0.385 e. The summed E-state index contributed by atoms with van der Waals surface area (Å²) in [5, 5.41) is 10.1. The van der Waals surface area contributed by atoms with E-state index in [1.165, 1.54) is 16.7 Å². The van der Waals surface area contributed by atoms with Crippen LogP contribution < -0.4 is 0 Å². The van der Waals surface area contributed by atoms with Gasteiger partial charge in [0.05, 0.1) is 5.60 Å². The van der Waals surface area contributed by atoms with Gasteiger partial charge in [-0.2, -0.15) is 0 Å². The standard InChI is InChI=1S/C13H18O/c1-4-11-7-9(2)10(3)12(8-11)13(14)5-6-13/h7-8,14H,4-6H2,1-3H3. The zero-order chi connectivity index (χ0) is 10.3. The molecule has 1 heteroatoms. The molecule has 76 valence electrons. The molecule has 0 saturated heterocycles. The van der Waals surface area contributed by atoms with Crippen LogP contribution in [0.2, 0.25) is 0 Å². The molecule has 0 atom stereocenters. The SMILES string of the molecule is CCc1cc(C)c(C)c(C2(O)CC2)c1. The molecule has 1 aliphatic carbocycles. The first kappa shape index (κ1) is 9.72. The topological polar surface area (TPSA) is 20.2 Å². The number of hydrogen-bond acceptors (Lipinski definition) is 1. The van der Waals surface area contributed by atoms with Crippen molar-refractivity contribution in [3.8, 4) is 0 Å². The Balaban J connectivity index is 2.52. The van der Waals surface area contributed by atoms with Crippen LogP contribution in [0.1, 0.15) is 42.0 Å². The average Bonchev–Trinajstić information content (AvgIpc) is 2.89. The normalized spacial score (nSPS) is 18.3. The fourth-order valence-electron chi connectivity index (χ4n) is 2.01. The molecule has 1 N–H and O–H groups in total. The molecule has 1 nitrogen and oxygen atoms in total. The van der Waals surface area contributed by atoms with Crippen molar-refractivity contribution >= 4 is 0 Å². The Morgan fingerprint density at radius 2 is 1.93 bits per heavy atom.